The van der Waals surface area contributed by atoms with Gasteiger partial charge in [0.1, 0.15) is 0 Å². The fraction of sp³-hybridized carbons (Fsp3) is 0.684. The van der Waals surface area contributed by atoms with E-state index < -0.39 is 0 Å². The van der Waals surface area contributed by atoms with Crippen LogP contribution in [0.5, 0.6) is 0 Å². The first-order valence-corrected chi connectivity index (χ1v) is 8.26. The van der Waals surface area contributed by atoms with Gasteiger partial charge in [-0.25, -0.2) is 0 Å². The summed E-state index contributed by atoms with van der Waals surface area (Å²) in [5, 5.41) is 3.77. The highest BCUT2D eigenvalue weighted by Gasteiger charge is 2.25. The van der Waals surface area contributed by atoms with E-state index in [0.717, 1.165) is 11.8 Å². The van der Waals surface area contributed by atoms with Crippen LogP contribution in [0.4, 0.5) is 0 Å². The highest BCUT2D eigenvalue weighted by molar-refractivity contribution is 5.23. The zero-order valence-electron chi connectivity index (χ0n) is 13.7. The van der Waals surface area contributed by atoms with E-state index in [2.05, 4.69) is 63.3 Å². The Kier molecular flexibility index (Phi) is 5.26. The molecular weight excluding hydrogens is 242 g/mol. The third kappa shape index (κ3) is 4.34. The maximum absolute atomic E-state index is 3.77. The maximum Gasteiger partial charge on any atom is 0.00471 e. The molecule has 1 N–H and O–H groups in total. The van der Waals surface area contributed by atoms with Crippen molar-refractivity contribution >= 4 is 0 Å². The van der Waals surface area contributed by atoms with Crippen molar-refractivity contribution in [3.63, 3.8) is 0 Å². The fourth-order valence-electron chi connectivity index (χ4n) is 3.72. The second-order valence-electron chi connectivity index (χ2n) is 7.55. The summed E-state index contributed by atoms with van der Waals surface area (Å²) >= 11 is 0. The van der Waals surface area contributed by atoms with Gasteiger partial charge in [-0.15, -0.1) is 0 Å². The average molecular weight is 273 g/mol. The molecule has 0 radical (unpaired) electrons. The molecule has 3 unspecified atom stereocenters. The maximum atomic E-state index is 3.77. The van der Waals surface area contributed by atoms with E-state index in [-0.39, 0.29) is 5.41 Å². The smallest absolute Gasteiger partial charge is 0.00471 e. The van der Waals surface area contributed by atoms with Crippen LogP contribution >= 0.6 is 0 Å². The Hall–Kier alpha value is -0.820. The summed E-state index contributed by atoms with van der Waals surface area (Å²) in [5.41, 5.74) is 1.69. The molecule has 1 aliphatic rings. The van der Waals surface area contributed by atoms with Crippen molar-refractivity contribution in [2.45, 2.75) is 64.8 Å². The van der Waals surface area contributed by atoms with Crippen molar-refractivity contribution in [2.75, 3.05) is 6.54 Å². The van der Waals surface area contributed by atoms with Crippen LogP contribution in [-0.4, -0.2) is 12.6 Å². The Labute approximate surface area is 125 Å². The van der Waals surface area contributed by atoms with Crippen LogP contribution in [0.3, 0.4) is 0 Å². The quantitative estimate of drug-likeness (QED) is 0.787. The van der Waals surface area contributed by atoms with Crippen LogP contribution < -0.4 is 5.32 Å². The van der Waals surface area contributed by atoms with Gasteiger partial charge in [-0.3, -0.25) is 0 Å². The van der Waals surface area contributed by atoms with Gasteiger partial charge in [-0.2, -0.15) is 0 Å². The van der Waals surface area contributed by atoms with Gasteiger partial charge in [0.15, 0.2) is 0 Å². The molecule has 0 aromatic heterocycles. The van der Waals surface area contributed by atoms with Crippen LogP contribution in [0.15, 0.2) is 30.3 Å². The van der Waals surface area contributed by atoms with E-state index in [1.54, 1.807) is 0 Å². The Morgan fingerprint density at radius 3 is 2.50 bits per heavy atom. The van der Waals surface area contributed by atoms with Gasteiger partial charge in [-0.1, -0.05) is 57.5 Å². The molecule has 0 aliphatic heterocycles. The second-order valence-corrected chi connectivity index (χ2v) is 7.55. The van der Waals surface area contributed by atoms with Gasteiger partial charge >= 0.3 is 0 Å². The zero-order valence-corrected chi connectivity index (χ0v) is 13.7. The highest BCUT2D eigenvalue weighted by atomic mass is 14.9. The first kappa shape index (κ1) is 15.6. The minimum absolute atomic E-state index is 0.247. The summed E-state index contributed by atoms with van der Waals surface area (Å²) in [6.45, 7) is 10.7. The summed E-state index contributed by atoms with van der Waals surface area (Å²) in [4.78, 5) is 0. The number of nitrogens with one attached hydrogen (secondary N) is 1. The molecule has 112 valence electrons. The van der Waals surface area contributed by atoms with Gasteiger partial charge in [0.25, 0.3) is 0 Å². The van der Waals surface area contributed by atoms with Crippen LogP contribution in [-0.2, 0) is 5.41 Å². The Bertz CT molecular complexity index is 395. The van der Waals surface area contributed by atoms with E-state index >= 15 is 0 Å². The molecule has 0 bridgehead atoms. The number of hydrogen-bond donors (Lipinski definition) is 1. The third-order valence-corrected chi connectivity index (χ3v) is 4.93. The molecule has 1 fully saturated rings. The van der Waals surface area contributed by atoms with Crippen molar-refractivity contribution in [3.05, 3.63) is 35.9 Å². The van der Waals surface area contributed by atoms with E-state index in [4.69, 9.17) is 0 Å². The Morgan fingerprint density at radius 2 is 1.90 bits per heavy atom. The molecule has 1 aromatic carbocycles. The van der Waals surface area contributed by atoms with Crippen molar-refractivity contribution in [3.8, 4) is 0 Å². The lowest BCUT2D eigenvalue weighted by Gasteiger charge is -2.30. The summed E-state index contributed by atoms with van der Waals surface area (Å²) in [6.07, 6.45) is 5.46. The van der Waals surface area contributed by atoms with Gasteiger partial charge in [-0.05, 0) is 55.5 Å². The molecule has 1 nitrogen and oxygen atoms in total. The monoisotopic (exact) mass is 273 g/mol. The molecule has 0 heterocycles. The van der Waals surface area contributed by atoms with Crippen LogP contribution in [0.25, 0.3) is 0 Å². The summed E-state index contributed by atoms with van der Waals surface area (Å²) < 4.78 is 0. The first-order valence-electron chi connectivity index (χ1n) is 8.26. The molecule has 0 saturated heterocycles. The molecule has 20 heavy (non-hydrogen) atoms. The summed E-state index contributed by atoms with van der Waals surface area (Å²) in [5.74, 6) is 1.85. The second kappa shape index (κ2) is 6.76. The van der Waals surface area contributed by atoms with Gasteiger partial charge < -0.3 is 5.32 Å². The van der Waals surface area contributed by atoms with Crippen molar-refractivity contribution in [2.24, 2.45) is 11.8 Å². The topological polar surface area (TPSA) is 12.0 Å². The summed E-state index contributed by atoms with van der Waals surface area (Å²) in [6, 6.07) is 11.5. The highest BCUT2D eigenvalue weighted by Crippen LogP contribution is 2.31. The van der Waals surface area contributed by atoms with Crippen LogP contribution in [0.2, 0.25) is 0 Å². The number of hydrogen-bond acceptors (Lipinski definition) is 1. The first-order chi connectivity index (χ1) is 9.47. The summed E-state index contributed by atoms with van der Waals surface area (Å²) in [7, 11) is 0. The molecule has 0 spiro atoms. The van der Waals surface area contributed by atoms with Crippen LogP contribution in [0, 0.1) is 11.8 Å². The van der Waals surface area contributed by atoms with Crippen LogP contribution in [0.1, 0.15) is 58.9 Å². The third-order valence-electron chi connectivity index (χ3n) is 4.93. The lowest BCUT2D eigenvalue weighted by molar-refractivity contribution is 0.362. The Balaban J connectivity index is 1.80. The number of benzene rings is 1. The SMILES string of the molecule is CC1CCC(CNC(C)CC(C)(C)c2ccccc2)C1. The normalized spacial score (nSPS) is 24.8. The standard InChI is InChI=1S/C19H31N/c1-15-10-11-17(12-15)14-20-16(2)13-19(3,4)18-8-6-5-7-9-18/h5-9,15-17,20H,10-14H2,1-4H3. The predicted molar refractivity (Wildman–Crippen MR) is 88.1 cm³/mol. The largest absolute Gasteiger partial charge is 0.314 e. The predicted octanol–water partition coefficient (Wildman–Crippen LogP) is 4.77. The van der Waals surface area contributed by atoms with E-state index in [0.29, 0.717) is 6.04 Å². The molecule has 3 atom stereocenters. The van der Waals surface area contributed by atoms with E-state index in [1.165, 1.54) is 37.8 Å². The average Bonchev–Trinajstić information content (AvgIpc) is 2.83. The molecular formula is C19H31N. The fourth-order valence-corrected chi connectivity index (χ4v) is 3.72. The van der Waals surface area contributed by atoms with Gasteiger partial charge in [0, 0.05) is 6.04 Å². The molecule has 0 amide bonds. The van der Waals surface area contributed by atoms with E-state index in [9.17, 15) is 0 Å². The van der Waals surface area contributed by atoms with Gasteiger partial charge in [0.2, 0.25) is 0 Å². The van der Waals surface area contributed by atoms with Crippen molar-refractivity contribution < 1.29 is 0 Å². The lowest BCUT2D eigenvalue weighted by atomic mass is 9.79. The minimum Gasteiger partial charge on any atom is -0.314 e. The molecule has 1 heteroatoms. The molecule has 1 saturated carbocycles. The van der Waals surface area contributed by atoms with Crippen molar-refractivity contribution in [1.82, 2.24) is 5.32 Å². The van der Waals surface area contributed by atoms with E-state index in [1.807, 2.05) is 0 Å². The van der Waals surface area contributed by atoms with Crippen molar-refractivity contribution in [1.29, 1.82) is 0 Å². The molecule has 1 aromatic rings. The number of rotatable bonds is 6. The minimum atomic E-state index is 0.247. The molecule has 2 rings (SSSR count). The molecule has 1 aliphatic carbocycles. The lowest BCUT2D eigenvalue weighted by Crippen LogP contribution is -2.35. The Morgan fingerprint density at radius 1 is 1.20 bits per heavy atom. The van der Waals surface area contributed by atoms with Gasteiger partial charge in [0.05, 0.1) is 0 Å². The zero-order chi connectivity index (χ0) is 14.6.